The second-order valence-corrected chi connectivity index (χ2v) is 11.1. The summed E-state index contributed by atoms with van der Waals surface area (Å²) < 4.78 is 33.9. The molecule has 0 saturated heterocycles. The summed E-state index contributed by atoms with van der Waals surface area (Å²) >= 11 is 0. The van der Waals surface area contributed by atoms with Crippen LogP contribution in [0, 0.1) is 11.3 Å². The normalized spacial score (nSPS) is 13.1. The van der Waals surface area contributed by atoms with Crippen molar-refractivity contribution in [1.82, 2.24) is 4.98 Å². The van der Waals surface area contributed by atoms with Gasteiger partial charge < -0.3 is 4.43 Å². The van der Waals surface area contributed by atoms with E-state index in [1.807, 2.05) is 33.9 Å². The van der Waals surface area contributed by atoms with Crippen molar-refractivity contribution < 1.29 is 13.2 Å². The fraction of sp³-hybridized carbons (Fsp3) is 0.571. The van der Waals surface area contributed by atoms with Crippen molar-refractivity contribution in [3.05, 3.63) is 29.6 Å². The zero-order chi connectivity index (χ0) is 15.6. The number of hydrogen-bond acceptors (Lipinski definition) is 3. The van der Waals surface area contributed by atoms with E-state index in [1.165, 1.54) is 12.3 Å². The first kappa shape index (κ1) is 16.7. The summed E-state index contributed by atoms with van der Waals surface area (Å²) in [5, 5.41) is 8.59. The van der Waals surface area contributed by atoms with Gasteiger partial charge in [0.1, 0.15) is 18.4 Å². The Labute approximate surface area is 119 Å². The van der Waals surface area contributed by atoms with Crippen molar-refractivity contribution in [2.24, 2.45) is 0 Å². The molecule has 0 spiro atoms. The average molecular weight is 298 g/mol. The lowest BCUT2D eigenvalue weighted by Crippen LogP contribution is -2.43. The second-order valence-electron chi connectivity index (χ2n) is 6.29. The van der Waals surface area contributed by atoms with Crippen LogP contribution in [0.1, 0.15) is 32.0 Å². The van der Waals surface area contributed by atoms with E-state index in [4.69, 9.17) is 9.69 Å². The molecule has 0 amide bonds. The maximum absolute atomic E-state index is 14.2. The molecule has 0 saturated carbocycles. The van der Waals surface area contributed by atoms with Gasteiger partial charge in [0.15, 0.2) is 8.32 Å². The van der Waals surface area contributed by atoms with Gasteiger partial charge in [-0.05, 0) is 30.3 Å². The first-order valence-corrected chi connectivity index (χ1v) is 9.29. The fourth-order valence-corrected chi connectivity index (χ4v) is 2.27. The van der Waals surface area contributed by atoms with E-state index in [0.29, 0.717) is 0 Å². The molecule has 1 rings (SSSR count). The predicted molar refractivity (Wildman–Crippen MR) is 76.0 cm³/mol. The number of hydrogen-bond donors (Lipinski definition) is 0. The van der Waals surface area contributed by atoms with Crippen molar-refractivity contribution in [3.63, 3.8) is 0 Å². The molecule has 0 aromatic carbocycles. The third kappa shape index (κ3) is 3.84. The molecule has 110 valence electrons. The van der Waals surface area contributed by atoms with E-state index in [0.717, 1.165) is 6.07 Å². The Balaban J connectivity index is 2.88. The summed E-state index contributed by atoms with van der Waals surface area (Å²) in [5.41, 5.74) is -0.253. The maximum Gasteiger partial charge on any atom is 0.294 e. The number of alkyl halides is 2. The van der Waals surface area contributed by atoms with E-state index in [9.17, 15) is 8.78 Å². The van der Waals surface area contributed by atoms with Crippen molar-refractivity contribution >= 4 is 8.32 Å². The van der Waals surface area contributed by atoms with Crippen LogP contribution in [0.15, 0.2) is 18.3 Å². The molecule has 0 aliphatic rings. The van der Waals surface area contributed by atoms with E-state index >= 15 is 0 Å². The molecule has 0 aliphatic carbocycles. The SMILES string of the molecule is CC(C)(C)[Si](C)(C)OCC(F)(F)c1ccnc(C#N)c1. The van der Waals surface area contributed by atoms with Gasteiger partial charge in [0.2, 0.25) is 0 Å². The zero-order valence-corrected chi connectivity index (χ0v) is 13.5. The molecule has 0 unspecified atom stereocenters. The molecule has 6 heteroatoms. The quantitative estimate of drug-likeness (QED) is 0.787. The first-order chi connectivity index (χ1) is 8.99. The molecule has 0 fully saturated rings. The Kier molecular flexibility index (Phi) is 4.67. The molecule has 0 atom stereocenters. The fourth-order valence-electron chi connectivity index (χ4n) is 1.29. The van der Waals surface area contributed by atoms with Gasteiger partial charge in [-0.1, -0.05) is 20.8 Å². The number of pyridine rings is 1. The molecule has 1 heterocycles. The summed E-state index contributed by atoms with van der Waals surface area (Å²) in [6, 6.07) is 4.08. The minimum absolute atomic E-state index is 0.0190. The Hall–Kier alpha value is -1.32. The van der Waals surface area contributed by atoms with Crippen LogP contribution in [-0.4, -0.2) is 19.9 Å². The molecule has 20 heavy (non-hydrogen) atoms. The summed E-state index contributed by atoms with van der Waals surface area (Å²) in [6.45, 7) is 9.18. The van der Waals surface area contributed by atoms with E-state index in [-0.39, 0.29) is 16.3 Å². The molecule has 0 bridgehead atoms. The molecular weight excluding hydrogens is 278 g/mol. The molecule has 0 N–H and O–H groups in total. The lowest BCUT2D eigenvalue weighted by molar-refractivity contribution is -0.0509. The monoisotopic (exact) mass is 298 g/mol. The Morgan fingerprint density at radius 1 is 1.35 bits per heavy atom. The lowest BCUT2D eigenvalue weighted by Gasteiger charge is -2.37. The number of nitriles is 1. The standard InChI is InChI=1S/C14H20F2N2OSi/c1-13(2,3)20(4,5)19-10-14(15,16)11-6-7-18-12(8-11)9-17/h6-8H,10H2,1-5H3. The Morgan fingerprint density at radius 2 is 1.95 bits per heavy atom. The highest BCUT2D eigenvalue weighted by molar-refractivity contribution is 6.74. The third-order valence-electron chi connectivity index (χ3n) is 3.72. The van der Waals surface area contributed by atoms with E-state index in [2.05, 4.69) is 4.98 Å². The molecule has 1 aromatic heterocycles. The van der Waals surface area contributed by atoms with Gasteiger partial charge in [-0.15, -0.1) is 0 Å². The van der Waals surface area contributed by atoms with E-state index in [1.54, 1.807) is 6.07 Å². The van der Waals surface area contributed by atoms with Crippen LogP contribution < -0.4 is 0 Å². The third-order valence-corrected chi connectivity index (χ3v) is 8.20. The van der Waals surface area contributed by atoms with Crippen LogP contribution in [0.2, 0.25) is 18.1 Å². The smallest absolute Gasteiger partial charge is 0.294 e. The van der Waals surface area contributed by atoms with Gasteiger partial charge in [0.05, 0.1) is 0 Å². The van der Waals surface area contributed by atoms with Gasteiger partial charge in [-0.25, -0.2) is 4.98 Å². The molecule has 1 aromatic rings. The molecule has 3 nitrogen and oxygen atoms in total. The predicted octanol–water partition coefficient (Wildman–Crippen LogP) is 4.07. The van der Waals surface area contributed by atoms with Gasteiger partial charge in [-0.2, -0.15) is 14.0 Å². The lowest BCUT2D eigenvalue weighted by atomic mass is 10.1. The minimum atomic E-state index is -3.12. The minimum Gasteiger partial charge on any atom is -0.410 e. The average Bonchev–Trinajstić information content (AvgIpc) is 2.35. The van der Waals surface area contributed by atoms with Gasteiger partial charge in [-0.3, -0.25) is 0 Å². The van der Waals surface area contributed by atoms with Crippen molar-refractivity contribution in [3.8, 4) is 6.07 Å². The summed E-state index contributed by atoms with van der Waals surface area (Å²) in [7, 11) is -2.23. The van der Waals surface area contributed by atoms with Gasteiger partial charge >= 0.3 is 0 Å². The maximum atomic E-state index is 14.2. The topological polar surface area (TPSA) is 45.9 Å². The highest BCUT2D eigenvalue weighted by atomic mass is 28.4. The number of halogens is 2. The second kappa shape index (κ2) is 5.58. The van der Waals surface area contributed by atoms with Crippen LogP contribution in [0.25, 0.3) is 0 Å². The molecule has 0 radical (unpaired) electrons. The van der Waals surface area contributed by atoms with Crippen molar-refractivity contribution in [2.45, 2.75) is 44.8 Å². The molecule has 0 aliphatic heterocycles. The summed E-state index contributed by atoms with van der Waals surface area (Å²) in [4.78, 5) is 3.69. The highest BCUT2D eigenvalue weighted by Gasteiger charge is 2.41. The highest BCUT2D eigenvalue weighted by Crippen LogP contribution is 2.38. The Bertz CT molecular complexity index is 519. The van der Waals surface area contributed by atoms with Crippen LogP contribution in [-0.2, 0) is 10.3 Å². The summed E-state index contributed by atoms with van der Waals surface area (Å²) in [6.07, 6.45) is 1.22. The number of rotatable bonds is 4. The molecular formula is C14H20F2N2OSi. The van der Waals surface area contributed by atoms with Crippen LogP contribution in [0.3, 0.4) is 0 Å². The summed E-state index contributed by atoms with van der Waals surface area (Å²) in [5.74, 6) is -3.12. The van der Waals surface area contributed by atoms with Crippen LogP contribution >= 0.6 is 0 Å². The Morgan fingerprint density at radius 3 is 2.45 bits per heavy atom. The first-order valence-electron chi connectivity index (χ1n) is 6.38. The van der Waals surface area contributed by atoms with Crippen LogP contribution in [0.5, 0.6) is 0 Å². The largest absolute Gasteiger partial charge is 0.410 e. The van der Waals surface area contributed by atoms with Crippen molar-refractivity contribution in [2.75, 3.05) is 6.61 Å². The zero-order valence-electron chi connectivity index (χ0n) is 12.5. The van der Waals surface area contributed by atoms with E-state index < -0.39 is 20.8 Å². The van der Waals surface area contributed by atoms with Gasteiger partial charge in [0, 0.05) is 11.8 Å². The van der Waals surface area contributed by atoms with Gasteiger partial charge in [0.25, 0.3) is 5.92 Å². The number of aromatic nitrogens is 1. The van der Waals surface area contributed by atoms with Crippen molar-refractivity contribution in [1.29, 1.82) is 5.26 Å². The number of nitrogens with zero attached hydrogens (tertiary/aromatic N) is 2. The van der Waals surface area contributed by atoms with Crippen LogP contribution in [0.4, 0.5) is 8.78 Å².